The zero-order chi connectivity index (χ0) is 12.6. The van der Waals surface area contributed by atoms with Crippen LogP contribution in [0.3, 0.4) is 0 Å². The Hall–Kier alpha value is -0.900. The molecule has 0 spiro atoms. The second-order valence-electron chi connectivity index (χ2n) is 4.99. The van der Waals surface area contributed by atoms with Crippen LogP contribution in [0.2, 0.25) is 0 Å². The van der Waals surface area contributed by atoms with E-state index in [1.54, 1.807) is 0 Å². The highest BCUT2D eigenvalue weighted by Crippen LogP contribution is 2.28. The van der Waals surface area contributed by atoms with Gasteiger partial charge in [0.15, 0.2) is 0 Å². The van der Waals surface area contributed by atoms with Crippen LogP contribution in [-0.4, -0.2) is 26.3 Å². The fourth-order valence-corrected chi connectivity index (χ4v) is 2.03. The molecule has 0 amide bonds. The molecule has 0 atom stereocenters. The lowest BCUT2D eigenvalue weighted by Crippen LogP contribution is -2.23. The summed E-state index contributed by atoms with van der Waals surface area (Å²) in [5, 5.41) is 3.41. The van der Waals surface area contributed by atoms with Crippen molar-refractivity contribution in [2.75, 3.05) is 26.3 Å². The molecule has 18 heavy (non-hydrogen) atoms. The second-order valence-corrected chi connectivity index (χ2v) is 4.99. The zero-order valence-corrected chi connectivity index (χ0v) is 11.0. The van der Waals surface area contributed by atoms with Crippen molar-refractivity contribution in [1.29, 1.82) is 0 Å². The molecule has 0 bridgehead atoms. The van der Waals surface area contributed by atoms with E-state index in [2.05, 4.69) is 23.5 Å². The van der Waals surface area contributed by atoms with Gasteiger partial charge in [-0.3, -0.25) is 0 Å². The molecule has 0 saturated heterocycles. The monoisotopic (exact) mass is 248 g/mol. The Bertz CT molecular complexity index is 350. The SMILES string of the molecule is NCc1ccccc1CCNCCOCC1CC1. The number of rotatable bonds is 9. The van der Waals surface area contributed by atoms with Crippen molar-refractivity contribution in [3.8, 4) is 0 Å². The molecule has 0 unspecified atom stereocenters. The minimum absolute atomic E-state index is 0.626. The van der Waals surface area contributed by atoms with Gasteiger partial charge in [0.1, 0.15) is 0 Å². The number of hydrogen-bond acceptors (Lipinski definition) is 3. The van der Waals surface area contributed by atoms with E-state index in [1.165, 1.54) is 24.0 Å². The van der Waals surface area contributed by atoms with Crippen LogP contribution in [0.15, 0.2) is 24.3 Å². The maximum Gasteiger partial charge on any atom is 0.0591 e. The maximum atomic E-state index is 5.71. The van der Waals surface area contributed by atoms with Gasteiger partial charge >= 0.3 is 0 Å². The molecular weight excluding hydrogens is 224 g/mol. The van der Waals surface area contributed by atoms with Crippen LogP contribution < -0.4 is 11.1 Å². The largest absolute Gasteiger partial charge is 0.380 e. The summed E-state index contributed by atoms with van der Waals surface area (Å²) in [6.07, 6.45) is 3.77. The highest BCUT2D eigenvalue weighted by Gasteiger charge is 2.20. The Labute approximate surface area is 110 Å². The lowest BCUT2D eigenvalue weighted by Gasteiger charge is -2.09. The van der Waals surface area contributed by atoms with Gasteiger partial charge in [0.05, 0.1) is 6.61 Å². The summed E-state index contributed by atoms with van der Waals surface area (Å²) in [6.45, 7) is 4.34. The molecule has 1 saturated carbocycles. The van der Waals surface area contributed by atoms with E-state index >= 15 is 0 Å². The van der Waals surface area contributed by atoms with Crippen molar-refractivity contribution in [3.05, 3.63) is 35.4 Å². The molecule has 1 aromatic rings. The van der Waals surface area contributed by atoms with Gasteiger partial charge in [0, 0.05) is 19.7 Å². The standard InChI is InChI=1S/C15H24N2O/c16-11-15-4-2-1-3-14(15)7-8-17-9-10-18-12-13-5-6-13/h1-4,13,17H,5-12,16H2. The minimum Gasteiger partial charge on any atom is -0.380 e. The minimum atomic E-state index is 0.626. The first-order chi connectivity index (χ1) is 8.90. The highest BCUT2D eigenvalue weighted by molar-refractivity contribution is 5.27. The highest BCUT2D eigenvalue weighted by atomic mass is 16.5. The fraction of sp³-hybridized carbons (Fsp3) is 0.600. The quantitative estimate of drug-likeness (QED) is 0.654. The first kappa shape index (κ1) is 13.5. The van der Waals surface area contributed by atoms with Crippen molar-refractivity contribution >= 4 is 0 Å². The molecule has 100 valence electrons. The molecule has 3 heteroatoms. The van der Waals surface area contributed by atoms with Crippen LogP contribution in [0.1, 0.15) is 24.0 Å². The van der Waals surface area contributed by atoms with E-state index in [9.17, 15) is 0 Å². The number of ether oxygens (including phenoxy) is 1. The Morgan fingerprint density at radius 2 is 1.94 bits per heavy atom. The summed E-state index contributed by atoms with van der Waals surface area (Å²) in [5.74, 6) is 0.862. The van der Waals surface area contributed by atoms with Gasteiger partial charge in [-0.05, 0) is 42.9 Å². The van der Waals surface area contributed by atoms with Crippen molar-refractivity contribution < 1.29 is 4.74 Å². The van der Waals surface area contributed by atoms with Crippen LogP contribution in [0.25, 0.3) is 0 Å². The van der Waals surface area contributed by atoms with E-state index in [-0.39, 0.29) is 0 Å². The van der Waals surface area contributed by atoms with Gasteiger partial charge in [0.2, 0.25) is 0 Å². The van der Waals surface area contributed by atoms with Gasteiger partial charge in [-0.25, -0.2) is 0 Å². The van der Waals surface area contributed by atoms with Crippen LogP contribution in [0, 0.1) is 5.92 Å². The van der Waals surface area contributed by atoms with Gasteiger partial charge in [-0.15, -0.1) is 0 Å². The summed E-state index contributed by atoms with van der Waals surface area (Å²) >= 11 is 0. The Morgan fingerprint density at radius 3 is 2.67 bits per heavy atom. The topological polar surface area (TPSA) is 47.3 Å². The number of nitrogens with two attached hydrogens (primary N) is 1. The lowest BCUT2D eigenvalue weighted by atomic mass is 10.0. The Morgan fingerprint density at radius 1 is 1.17 bits per heavy atom. The third kappa shape index (κ3) is 4.77. The zero-order valence-electron chi connectivity index (χ0n) is 11.0. The van der Waals surface area contributed by atoms with E-state index in [0.29, 0.717) is 6.54 Å². The molecular formula is C15H24N2O. The summed E-state index contributed by atoms with van der Waals surface area (Å²) < 4.78 is 5.57. The number of benzene rings is 1. The molecule has 1 aliphatic carbocycles. The normalized spacial score (nSPS) is 14.9. The molecule has 0 heterocycles. The predicted octanol–water partition coefficient (Wildman–Crippen LogP) is 1.70. The van der Waals surface area contributed by atoms with Crippen LogP contribution in [-0.2, 0) is 17.7 Å². The molecule has 1 aliphatic rings. The molecule has 3 N–H and O–H groups in total. The van der Waals surface area contributed by atoms with E-state index in [0.717, 1.165) is 38.6 Å². The lowest BCUT2D eigenvalue weighted by molar-refractivity contribution is 0.126. The molecule has 0 aliphatic heterocycles. The van der Waals surface area contributed by atoms with Crippen LogP contribution in [0.5, 0.6) is 0 Å². The Balaban J connectivity index is 1.53. The fourth-order valence-electron chi connectivity index (χ4n) is 2.03. The number of nitrogens with one attached hydrogen (secondary N) is 1. The van der Waals surface area contributed by atoms with E-state index in [1.807, 2.05) is 6.07 Å². The van der Waals surface area contributed by atoms with Crippen LogP contribution >= 0.6 is 0 Å². The average molecular weight is 248 g/mol. The first-order valence-corrected chi connectivity index (χ1v) is 6.95. The van der Waals surface area contributed by atoms with Gasteiger partial charge < -0.3 is 15.8 Å². The number of hydrogen-bond donors (Lipinski definition) is 2. The van der Waals surface area contributed by atoms with Crippen molar-refractivity contribution in [2.24, 2.45) is 11.7 Å². The smallest absolute Gasteiger partial charge is 0.0591 e. The second kappa shape index (κ2) is 7.52. The third-order valence-corrected chi connectivity index (χ3v) is 3.38. The van der Waals surface area contributed by atoms with Gasteiger partial charge in [-0.2, -0.15) is 0 Å². The van der Waals surface area contributed by atoms with E-state index in [4.69, 9.17) is 10.5 Å². The third-order valence-electron chi connectivity index (χ3n) is 3.38. The van der Waals surface area contributed by atoms with Crippen molar-refractivity contribution in [1.82, 2.24) is 5.32 Å². The molecule has 0 radical (unpaired) electrons. The van der Waals surface area contributed by atoms with Gasteiger partial charge in [-0.1, -0.05) is 24.3 Å². The molecule has 2 rings (SSSR count). The van der Waals surface area contributed by atoms with Crippen molar-refractivity contribution in [2.45, 2.75) is 25.8 Å². The summed E-state index contributed by atoms with van der Waals surface area (Å²) in [5.41, 5.74) is 8.32. The molecule has 3 nitrogen and oxygen atoms in total. The molecule has 1 fully saturated rings. The predicted molar refractivity (Wildman–Crippen MR) is 74.5 cm³/mol. The summed E-state index contributed by atoms with van der Waals surface area (Å²) in [7, 11) is 0. The van der Waals surface area contributed by atoms with Gasteiger partial charge in [0.25, 0.3) is 0 Å². The first-order valence-electron chi connectivity index (χ1n) is 6.95. The van der Waals surface area contributed by atoms with Crippen LogP contribution in [0.4, 0.5) is 0 Å². The average Bonchev–Trinajstić information content (AvgIpc) is 3.22. The van der Waals surface area contributed by atoms with E-state index < -0.39 is 0 Å². The van der Waals surface area contributed by atoms with Crippen molar-refractivity contribution in [3.63, 3.8) is 0 Å². The molecule has 1 aromatic carbocycles. The maximum absolute atomic E-state index is 5.71. The molecule has 0 aromatic heterocycles. The summed E-state index contributed by atoms with van der Waals surface area (Å²) in [4.78, 5) is 0. The summed E-state index contributed by atoms with van der Waals surface area (Å²) in [6, 6.07) is 8.39. The Kier molecular flexibility index (Phi) is 5.65.